The predicted molar refractivity (Wildman–Crippen MR) is 114 cm³/mol. The monoisotopic (exact) mass is 412 g/mol. The van der Waals surface area contributed by atoms with E-state index in [1.165, 1.54) is 0 Å². The molecule has 5 nitrogen and oxygen atoms in total. The molecule has 0 aliphatic carbocycles. The molecule has 1 amide bonds. The van der Waals surface area contributed by atoms with Crippen LogP contribution in [0, 0.1) is 12.8 Å². The third kappa shape index (κ3) is 4.78. The van der Waals surface area contributed by atoms with Crippen LogP contribution in [0.25, 0.3) is 21.3 Å². The third-order valence-electron chi connectivity index (χ3n) is 5.60. The van der Waals surface area contributed by atoms with E-state index in [2.05, 4.69) is 21.2 Å². The number of halogens is 1. The van der Waals surface area contributed by atoms with Crippen LogP contribution in [-0.2, 0) is 11.2 Å². The molecule has 1 aromatic carbocycles. The van der Waals surface area contributed by atoms with Crippen molar-refractivity contribution >= 4 is 28.0 Å². The third-order valence-corrected chi connectivity index (χ3v) is 6.48. The van der Waals surface area contributed by atoms with Crippen LogP contribution in [0.1, 0.15) is 36.4 Å². The van der Waals surface area contributed by atoms with Gasteiger partial charge in [-0.05, 0) is 56.0 Å². The second kappa shape index (κ2) is 8.95. The molecule has 1 fully saturated rings. The molecule has 1 saturated heterocycles. The first-order valence-corrected chi connectivity index (χ1v) is 11.0. The summed E-state index contributed by atoms with van der Waals surface area (Å²) in [4.78, 5) is 19.1. The van der Waals surface area contributed by atoms with Crippen molar-refractivity contribution < 1.29 is 9.18 Å². The van der Waals surface area contributed by atoms with Crippen molar-refractivity contribution in [3.8, 4) is 10.6 Å². The number of alkyl halides is 1. The first-order valence-electron chi connectivity index (χ1n) is 10.2. The minimum absolute atomic E-state index is 0.122. The van der Waals surface area contributed by atoms with E-state index < -0.39 is 0 Å². The fourth-order valence-electron chi connectivity index (χ4n) is 3.93. The van der Waals surface area contributed by atoms with E-state index in [0.717, 1.165) is 64.4 Å². The van der Waals surface area contributed by atoms with Crippen LogP contribution in [0.3, 0.4) is 0 Å². The summed E-state index contributed by atoms with van der Waals surface area (Å²) in [6.45, 7) is 3.24. The van der Waals surface area contributed by atoms with E-state index in [-0.39, 0.29) is 12.6 Å². The Labute approximate surface area is 174 Å². The number of carbonyl (C=O) groups is 1. The Morgan fingerprint density at radius 3 is 2.76 bits per heavy atom. The number of fused-ring (bicyclic) bond motifs is 1. The van der Waals surface area contributed by atoms with Crippen LogP contribution in [-0.4, -0.2) is 45.8 Å². The van der Waals surface area contributed by atoms with Crippen molar-refractivity contribution in [2.24, 2.45) is 5.92 Å². The highest BCUT2D eigenvalue weighted by Crippen LogP contribution is 2.27. The number of carbonyl (C=O) groups excluding carboxylic acids is 1. The number of aromatic nitrogens is 3. The number of amides is 1. The summed E-state index contributed by atoms with van der Waals surface area (Å²) >= 11 is 1.57. The van der Waals surface area contributed by atoms with Crippen molar-refractivity contribution in [2.45, 2.75) is 39.0 Å². The van der Waals surface area contributed by atoms with Gasteiger partial charge < -0.3 is 4.90 Å². The second-order valence-electron chi connectivity index (χ2n) is 7.70. The Bertz CT molecular complexity index is 997. The first-order chi connectivity index (χ1) is 14.1. The van der Waals surface area contributed by atoms with Crippen molar-refractivity contribution in [2.75, 3.05) is 19.8 Å². The summed E-state index contributed by atoms with van der Waals surface area (Å²) in [5.41, 5.74) is 1.81. The minimum atomic E-state index is -0.243. The normalized spacial score (nSPS) is 15.2. The van der Waals surface area contributed by atoms with Gasteiger partial charge in [-0.15, -0.1) is 10.2 Å². The standard InChI is InChI=1S/C22H25FN4OS/c1-15-25-26-22(29-15)17-4-5-18-14-24-20(12-19(18)11-17)13-21(28)27-9-6-16(7-10-27)3-2-8-23/h4-5,11-12,14,16H,2-3,6-10,13H2,1H3. The maximum absolute atomic E-state index is 12.7. The predicted octanol–water partition coefficient (Wildman–Crippen LogP) is 4.59. The molecule has 1 aliphatic heterocycles. The Kier molecular flexibility index (Phi) is 6.13. The Morgan fingerprint density at radius 2 is 2.03 bits per heavy atom. The molecule has 0 spiro atoms. The van der Waals surface area contributed by atoms with Gasteiger partial charge >= 0.3 is 0 Å². The molecule has 1 aliphatic rings. The summed E-state index contributed by atoms with van der Waals surface area (Å²) in [7, 11) is 0. The zero-order valence-corrected chi connectivity index (χ0v) is 17.4. The van der Waals surface area contributed by atoms with Crippen LogP contribution in [0.5, 0.6) is 0 Å². The molecule has 0 radical (unpaired) electrons. The van der Waals surface area contributed by atoms with Gasteiger partial charge in [0.25, 0.3) is 0 Å². The molecule has 0 saturated carbocycles. The largest absolute Gasteiger partial charge is 0.342 e. The number of aryl methyl sites for hydroxylation is 1. The van der Waals surface area contributed by atoms with Crippen LogP contribution in [0.4, 0.5) is 4.39 Å². The molecular weight excluding hydrogens is 387 g/mol. The van der Waals surface area contributed by atoms with E-state index in [1.54, 1.807) is 11.3 Å². The van der Waals surface area contributed by atoms with Gasteiger partial charge in [0, 0.05) is 30.2 Å². The highest BCUT2D eigenvalue weighted by molar-refractivity contribution is 7.14. The smallest absolute Gasteiger partial charge is 0.228 e. The minimum Gasteiger partial charge on any atom is -0.342 e. The number of benzene rings is 1. The lowest BCUT2D eigenvalue weighted by molar-refractivity contribution is -0.131. The van der Waals surface area contributed by atoms with Gasteiger partial charge in [0.15, 0.2) is 0 Å². The first kappa shape index (κ1) is 19.9. The van der Waals surface area contributed by atoms with E-state index in [1.807, 2.05) is 36.2 Å². The number of hydrogen-bond acceptors (Lipinski definition) is 5. The van der Waals surface area contributed by atoms with Crippen LogP contribution < -0.4 is 0 Å². The Hall–Kier alpha value is -2.41. The van der Waals surface area contributed by atoms with E-state index >= 15 is 0 Å². The van der Waals surface area contributed by atoms with Gasteiger partial charge in [0.2, 0.25) is 5.91 Å². The van der Waals surface area contributed by atoms with Gasteiger partial charge in [-0.25, -0.2) is 0 Å². The topological polar surface area (TPSA) is 59.0 Å². The fraction of sp³-hybridized carbons (Fsp3) is 0.455. The van der Waals surface area contributed by atoms with E-state index in [0.29, 0.717) is 18.8 Å². The van der Waals surface area contributed by atoms with Crippen LogP contribution >= 0.6 is 11.3 Å². The lowest BCUT2D eigenvalue weighted by atomic mass is 9.92. The van der Waals surface area contributed by atoms with Gasteiger partial charge in [-0.1, -0.05) is 23.5 Å². The van der Waals surface area contributed by atoms with Crippen molar-refractivity contribution in [3.63, 3.8) is 0 Å². The number of rotatable bonds is 6. The molecule has 4 rings (SSSR count). The summed E-state index contributed by atoms with van der Waals surface area (Å²) < 4.78 is 12.4. The quantitative estimate of drug-likeness (QED) is 0.594. The van der Waals surface area contributed by atoms with E-state index in [9.17, 15) is 9.18 Å². The lowest BCUT2D eigenvalue weighted by Crippen LogP contribution is -2.39. The van der Waals surface area contributed by atoms with Gasteiger partial charge in [-0.3, -0.25) is 14.2 Å². The molecule has 0 atom stereocenters. The van der Waals surface area contributed by atoms with Crippen molar-refractivity contribution in [1.29, 1.82) is 0 Å². The van der Waals surface area contributed by atoms with Crippen molar-refractivity contribution in [1.82, 2.24) is 20.1 Å². The molecule has 0 bridgehead atoms. The van der Waals surface area contributed by atoms with Gasteiger partial charge in [0.05, 0.1) is 18.8 Å². The summed E-state index contributed by atoms with van der Waals surface area (Å²) in [5.74, 6) is 0.674. The molecule has 3 aromatic rings. The molecule has 2 aromatic heterocycles. The molecule has 7 heteroatoms. The average Bonchev–Trinajstić information content (AvgIpc) is 3.18. The lowest BCUT2D eigenvalue weighted by Gasteiger charge is -2.32. The molecule has 29 heavy (non-hydrogen) atoms. The SMILES string of the molecule is Cc1nnc(-c2ccc3cnc(CC(=O)N4CCC(CCCF)CC4)cc3c2)s1. The average molecular weight is 413 g/mol. The maximum Gasteiger partial charge on any atom is 0.228 e. The Morgan fingerprint density at radius 1 is 1.21 bits per heavy atom. The highest BCUT2D eigenvalue weighted by atomic mass is 32.1. The summed E-state index contributed by atoms with van der Waals surface area (Å²) in [5, 5.41) is 12.2. The number of pyridine rings is 1. The van der Waals surface area contributed by atoms with Gasteiger partial charge in [0.1, 0.15) is 10.0 Å². The molecule has 3 heterocycles. The van der Waals surface area contributed by atoms with Crippen LogP contribution in [0.2, 0.25) is 0 Å². The highest BCUT2D eigenvalue weighted by Gasteiger charge is 2.22. The molecule has 152 valence electrons. The summed E-state index contributed by atoms with van der Waals surface area (Å²) in [6, 6.07) is 8.14. The maximum atomic E-state index is 12.7. The Balaban J connectivity index is 1.43. The molecule has 0 N–H and O–H groups in total. The zero-order valence-electron chi connectivity index (χ0n) is 16.6. The number of hydrogen-bond donors (Lipinski definition) is 0. The van der Waals surface area contributed by atoms with Crippen molar-refractivity contribution in [3.05, 3.63) is 41.2 Å². The number of piperidine rings is 1. The number of likely N-dealkylation sites (tertiary alicyclic amines) is 1. The van der Waals surface area contributed by atoms with E-state index in [4.69, 9.17) is 0 Å². The zero-order chi connectivity index (χ0) is 20.2. The van der Waals surface area contributed by atoms with Gasteiger partial charge in [-0.2, -0.15) is 0 Å². The fourth-order valence-corrected chi connectivity index (χ4v) is 4.62. The van der Waals surface area contributed by atoms with Crippen LogP contribution in [0.15, 0.2) is 30.5 Å². The number of nitrogens with zero attached hydrogens (tertiary/aromatic N) is 4. The second-order valence-corrected chi connectivity index (χ2v) is 8.88. The molecular formula is C22H25FN4OS. The summed E-state index contributed by atoms with van der Waals surface area (Å²) in [6.07, 6.45) is 5.66. The molecule has 0 unspecified atom stereocenters.